The number of rotatable bonds is 7. The summed E-state index contributed by atoms with van der Waals surface area (Å²) < 4.78 is 0. The molecule has 2 atom stereocenters. The Bertz CT molecular complexity index is 4660. The summed E-state index contributed by atoms with van der Waals surface area (Å²) in [6.45, 7) is 4.93. The molecular weight excluding hydrogens is 963 g/mol. The van der Waals surface area contributed by atoms with Crippen LogP contribution in [0.25, 0.3) is 100 Å². The van der Waals surface area contributed by atoms with Gasteiger partial charge >= 0.3 is 0 Å². The average molecular weight is 1020 g/mol. The third-order valence-corrected chi connectivity index (χ3v) is 18.6. The lowest BCUT2D eigenvalue weighted by atomic mass is 9.73. The predicted molar refractivity (Wildman–Crippen MR) is 340 cm³/mol. The van der Waals surface area contributed by atoms with Crippen molar-refractivity contribution < 1.29 is 0 Å². The minimum atomic E-state index is -0.247. The normalized spacial score (nSPS) is 17.0. The van der Waals surface area contributed by atoms with E-state index < -0.39 is 0 Å². The third-order valence-electron chi connectivity index (χ3n) is 18.6. The van der Waals surface area contributed by atoms with Crippen LogP contribution in [-0.2, 0) is 18.3 Å². The minimum absolute atomic E-state index is 0.228. The number of allylic oxidation sites excluding steroid dienone is 6. The minimum Gasteiger partial charge on any atom is -0.313 e. The first-order valence-electron chi connectivity index (χ1n) is 28.8. The molecule has 0 saturated carbocycles. The lowest BCUT2D eigenvalue weighted by Crippen LogP contribution is -2.39. The fourth-order valence-electron chi connectivity index (χ4n) is 14.8. The molecule has 0 heterocycles. The summed E-state index contributed by atoms with van der Waals surface area (Å²) >= 11 is 0. The van der Waals surface area contributed by atoms with Crippen LogP contribution in [0.1, 0.15) is 71.6 Å². The van der Waals surface area contributed by atoms with Gasteiger partial charge in [-0.25, -0.2) is 0 Å². The van der Waals surface area contributed by atoms with Gasteiger partial charge in [0.25, 0.3) is 0 Å². The quantitative estimate of drug-likeness (QED) is 0.144. The maximum Gasteiger partial charge on any atom is 0.0543 e. The van der Waals surface area contributed by atoms with Crippen LogP contribution in [0.4, 0.5) is 11.4 Å². The van der Waals surface area contributed by atoms with E-state index in [2.05, 4.69) is 280 Å². The largest absolute Gasteiger partial charge is 0.313 e. The van der Waals surface area contributed by atoms with E-state index >= 15 is 0 Å². The van der Waals surface area contributed by atoms with E-state index in [-0.39, 0.29) is 11.3 Å². The molecule has 0 N–H and O–H groups in total. The van der Waals surface area contributed by atoms with Gasteiger partial charge in [0, 0.05) is 39.2 Å². The third kappa shape index (κ3) is 7.23. The van der Waals surface area contributed by atoms with Gasteiger partial charge in [0.2, 0.25) is 0 Å². The van der Waals surface area contributed by atoms with E-state index in [4.69, 9.17) is 0 Å². The van der Waals surface area contributed by atoms with Gasteiger partial charge in [0.05, 0.1) is 5.69 Å². The Hall–Kier alpha value is -9.30. The topological polar surface area (TPSA) is 3.24 Å². The molecule has 11 aromatic rings. The molecule has 0 fully saturated rings. The first kappa shape index (κ1) is 46.8. The molecule has 0 radical (unpaired) electrons. The van der Waals surface area contributed by atoms with Gasteiger partial charge in [-0.05, 0) is 171 Å². The molecule has 0 bridgehead atoms. The van der Waals surface area contributed by atoms with Gasteiger partial charge < -0.3 is 4.90 Å². The smallest absolute Gasteiger partial charge is 0.0543 e. The molecular formula is C79H59N. The van der Waals surface area contributed by atoms with Crippen molar-refractivity contribution in [3.8, 4) is 44.5 Å². The van der Waals surface area contributed by atoms with Gasteiger partial charge in [-0.15, -0.1) is 0 Å². The van der Waals surface area contributed by atoms with Crippen LogP contribution < -0.4 is 15.3 Å². The molecule has 5 aliphatic carbocycles. The van der Waals surface area contributed by atoms with Crippen molar-refractivity contribution in [3.05, 3.63) is 298 Å². The SMILES string of the molecule is CC1(C)c2cc(C3C=Cc4c(c5c(c6c(-c7ccccc7)cc(-c7ccccc7)c(-c7ccccc7)c46)C=CCC5)C3)ccc2-c2ccc(N(C3=c4ccccc4=C4C=CC=CC4C3)c3cc4ccccc4c4ccccc34)cc21. The van der Waals surface area contributed by atoms with Crippen molar-refractivity contribution in [2.45, 2.75) is 50.9 Å². The summed E-state index contributed by atoms with van der Waals surface area (Å²) in [6.07, 6.45) is 23.1. The standard InChI is InChI=1S/C79H59N/c1-79(2)72-45-54(53-39-42-68-71(44-53)62-34-18-21-37-67(62)77-70(51-24-8-4-9-25-51)49-69(50-22-6-3-7-23-50)76(78(68)77)52-26-10-5-11-27-52)38-41-63(72)64-43-40-57(48-73(64)79)80(74-46-55-28-12-14-30-58(55)60-32-16-19-35-65(60)74)75-47-56-29-13-15-31-59(56)61-33-17-20-36-66(61)75/h3-17,19-33,35-43,45-46,48-49,53,56H,18,34,44,47H2,1-2H3. The summed E-state index contributed by atoms with van der Waals surface area (Å²) in [5.74, 6) is 0.518. The molecule has 1 heteroatoms. The lowest BCUT2D eigenvalue weighted by molar-refractivity contribution is 0.657. The number of anilines is 2. The highest BCUT2D eigenvalue weighted by molar-refractivity contribution is 6.18. The van der Waals surface area contributed by atoms with Crippen LogP contribution in [0.2, 0.25) is 0 Å². The van der Waals surface area contributed by atoms with Crippen molar-refractivity contribution in [1.82, 2.24) is 0 Å². The predicted octanol–water partition coefficient (Wildman–Crippen LogP) is 19.0. The van der Waals surface area contributed by atoms with Crippen molar-refractivity contribution in [1.29, 1.82) is 0 Å². The van der Waals surface area contributed by atoms with E-state index in [0.717, 1.165) is 25.7 Å². The van der Waals surface area contributed by atoms with E-state index in [1.54, 1.807) is 0 Å². The van der Waals surface area contributed by atoms with Gasteiger partial charge in [-0.1, -0.05) is 251 Å². The van der Waals surface area contributed by atoms with Crippen molar-refractivity contribution in [2.24, 2.45) is 5.92 Å². The number of hydrogen-bond acceptors (Lipinski definition) is 1. The van der Waals surface area contributed by atoms with E-state index in [0.29, 0.717) is 5.92 Å². The molecule has 0 spiro atoms. The van der Waals surface area contributed by atoms with Crippen LogP contribution in [0, 0.1) is 5.92 Å². The summed E-state index contributed by atoms with van der Waals surface area (Å²) in [5, 5.41) is 10.4. The summed E-state index contributed by atoms with van der Waals surface area (Å²) in [7, 11) is 0. The zero-order valence-corrected chi connectivity index (χ0v) is 45.3. The van der Waals surface area contributed by atoms with Crippen molar-refractivity contribution >= 4 is 67.1 Å². The Labute approximate surface area is 468 Å². The van der Waals surface area contributed by atoms with Crippen molar-refractivity contribution in [2.75, 3.05) is 4.90 Å². The number of fused-ring (bicyclic) bond motifs is 14. The first-order chi connectivity index (χ1) is 39.5. The molecule has 11 aromatic carbocycles. The van der Waals surface area contributed by atoms with Gasteiger partial charge in [-0.3, -0.25) is 0 Å². The summed E-state index contributed by atoms with van der Waals surface area (Å²) in [5.41, 5.74) is 25.2. The maximum absolute atomic E-state index is 2.64. The Kier molecular flexibility index (Phi) is 10.8. The van der Waals surface area contributed by atoms with Crippen molar-refractivity contribution in [3.63, 3.8) is 0 Å². The highest BCUT2D eigenvalue weighted by Gasteiger charge is 2.38. The second-order valence-corrected chi connectivity index (χ2v) is 23.2. The molecule has 2 unspecified atom stereocenters. The van der Waals surface area contributed by atoms with E-state index in [9.17, 15) is 0 Å². The molecule has 1 nitrogen and oxygen atoms in total. The molecule has 0 aliphatic heterocycles. The number of nitrogens with zero attached hydrogens (tertiary/aromatic N) is 1. The number of hydrogen-bond donors (Lipinski definition) is 0. The molecule has 380 valence electrons. The van der Waals surface area contributed by atoms with Crippen LogP contribution >= 0.6 is 0 Å². The van der Waals surface area contributed by atoms with Crippen LogP contribution in [0.15, 0.2) is 249 Å². The zero-order valence-electron chi connectivity index (χ0n) is 45.3. The Morgan fingerprint density at radius 1 is 0.450 bits per heavy atom. The fraction of sp³-hybridized carbons (Fsp3) is 0.114. The Balaban J connectivity index is 0.849. The molecule has 5 aliphatic rings. The molecule has 0 aromatic heterocycles. The summed E-state index contributed by atoms with van der Waals surface area (Å²) in [4.78, 5) is 2.64. The highest BCUT2D eigenvalue weighted by atomic mass is 15.2. The van der Waals surface area contributed by atoms with E-state index in [1.165, 1.54) is 149 Å². The summed E-state index contributed by atoms with van der Waals surface area (Å²) in [6, 6.07) is 80.2. The average Bonchev–Trinajstić information content (AvgIpc) is 3.84. The molecule has 16 rings (SSSR count). The second-order valence-electron chi connectivity index (χ2n) is 23.2. The first-order valence-corrected chi connectivity index (χ1v) is 28.8. The Morgan fingerprint density at radius 3 is 1.89 bits per heavy atom. The van der Waals surface area contributed by atoms with Gasteiger partial charge in [-0.2, -0.15) is 0 Å². The van der Waals surface area contributed by atoms with Crippen LogP contribution in [-0.4, -0.2) is 0 Å². The molecule has 0 amide bonds. The van der Waals surface area contributed by atoms with Crippen LogP contribution in [0.3, 0.4) is 0 Å². The second kappa shape index (κ2) is 18.4. The maximum atomic E-state index is 2.64. The fourth-order valence-corrected chi connectivity index (χ4v) is 14.8. The van der Waals surface area contributed by atoms with E-state index in [1.807, 2.05) is 0 Å². The zero-order chi connectivity index (χ0) is 53.1. The highest BCUT2D eigenvalue weighted by Crippen LogP contribution is 2.54. The Morgan fingerprint density at radius 2 is 1.10 bits per heavy atom. The molecule has 80 heavy (non-hydrogen) atoms. The molecule has 0 saturated heterocycles. The lowest BCUT2D eigenvalue weighted by Gasteiger charge is -2.35. The number of benzene rings is 11. The van der Waals surface area contributed by atoms with Gasteiger partial charge in [0.1, 0.15) is 0 Å². The monoisotopic (exact) mass is 1020 g/mol. The van der Waals surface area contributed by atoms with Crippen LogP contribution in [0.5, 0.6) is 0 Å². The van der Waals surface area contributed by atoms with Gasteiger partial charge in [0.15, 0.2) is 0 Å².